The number of carbonyl (C=O) groups is 1. The Morgan fingerprint density at radius 1 is 1.42 bits per heavy atom. The fraction of sp³-hybridized carbons (Fsp3) is 0.773. The number of allylic oxidation sites excluding steroid dienone is 2. The standard InChI is InChI=1S/C22H33NO3/c1-11(2)6-18-19-14(5)12(3)7-15-8-13(4)17-9-16(24)10-21(17,26)22(15,19)20(25)23-18/h7,11,14-19,24,26H,4,6,8-10H2,1-3,5H3,(H,23,25)/t14-,15-,16+,17-,18+,19+,21+,22-/m1/s1. The number of amides is 1. The van der Waals surface area contributed by atoms with E-state index >= 15 is 0 Å². The van der Waals surface area contributed by atoms with E-state index in [1.54, 1.807) is 0 Å². The molecular formula is C22H33NO3. The number of hydrogen-bond donors (Lipinski definition) is 3. The first-order valence-electron chi connectivity index (χ1n) is 10.2. The number of hydrogen-bond acceptors (Lipinski definition) is 3. The van der Waals surface area contributed by atoms with Crippen LogP contribution in [0.3, 0.4) is 0 Å². The predicted molar refractivity (Wildman–Crippen MR) is 101 cm³/mol. The maximum absolute atomic E-state index is 13.6. The predicted octanol–water partition coefficient (Wildman–Crippen LogP) is 2.81. The van der Waals surface area contributed by atoms with Gasteiger partial charge in [-0.3, -0.25) is 4.79 Å². The molecule has 8 atom stereocenters. The van der Waals surface area contributed by atoms with Crippen molar-refractivity contribution < 1.29 is 15.0 Å². The highest BCUT2D eigenvalue weighted by atomic mass is 16.3. The van der Waals surface area contributed by atoms with E-state index < -0.39 is 17.1 Å². The number of nitrogens with one attached hydrogen (secondary N) is 1. The van der Waals surface area contributed by atoms with Gasteiger partial charge in [-0.1, -0.05) is 44.6 Å². The van der Waals surface area contributed by atoms with E-state index in [2.05, 4.69) is 45.7 Å². The minimum absolute atomic E-state index is 0.00264. The van der Waals surface area contributed by atoms with Crippen LogP contribution < -0.4 is 5.32 Å². The fourth-order valence-electron chi connectivity index (χ4n) is 7.07. The van der Waals surface area contributed by atoms with Gasteiger partial charge in [-0.05, 0) is 43.9 Å². The number of carbonyl (C=O) groups excluding carboxylic acids is 1. The highest BCUT2D eigenvalue weighted by Gasteiger charge is 2.75. The topological polar surface area (TPSA) is 69.6 Å². The summed E-state index contributed by atoms with van der Waals surface area (Å²) in [5.41, 5.74) is 0.277. The lowest BCUT2D eigenvalue weighted by Crippen LogP contribution is -2.66. The summed E-state index contributed by atoms with van der Waals surface area (Å²) in [7, 11) is 0. The van der Waals surface area contributed by atoms with Gasteiger partial charge in [-0.15, -0.1) is 0 Å². The van der Waals surface area contributed by atoms with Gasteiger partial charge in [0.15, 0.2) is 0 Å². The van der Waals surface area contributed by atoms with Crippen LogP contribution in [0.15, 0.2) is 23.8 Å². The van der Waals surface area contributed by atoms with Crippen molar-refractivity contribution >= 4 is 5.91 Å². The van der Waals surface area contributed by atoms with Gasteiger partial charge in [0.25, 0.3) is 0 Å². The Morgan fingerprint density at radius 3 is 2.77 bits per heavy atom. The van der Waals surface area contributed by atoms with Gasteiger partial charge >= 0.3 is 0 Å². The summed E-state index contributed by atoms with van der Waals surface area (Å²) in [6.45, 7) is 13.0. The third-order valence-electron chi connectivity index (χ3n) is 8.00. The molecule has 3 N–H and O–H groups in total. The molecule has 4 heteroatoms. The van der Waals surface area contributed by atoms with Crippen molar-refractivity contribution in [2.24, 2.45) is 35.0 Å². The second kappa shape index (κ2) is 5.68. The van der Waals surface area contributed by atoms with Crippen molar-refractivity contribution in [1.82, 2.24) is 5.32 Å². The maximum Gasteiger partial charge on any atom is 0.230 e. The van der Waals surface area contributed by atoms with Crippen molar-refractivity contribution in [1.29, 1.82) is 0 Å². The molecule has 0 bridgehead atoms. The summed E-state index contributed by atoms with van der Waals surface area (Å²) in [6, 6.07) is 0.0810. The van der Waals surface area contributed by atoms with E-state index in [4.69, 9.17) is 0 Å². The zero-order chi connectivity index (χ0) is 19.0. The Morgan fingerprint density at radius 2 is 2.12 bits per heavy atom. The number of aliphatic hydroxyl groups is 2. The van der Waals surface area contributed by atoms with Gasteiger partial charge < -0.3 is 15.5 Å². The molecule has 26 heavy (non-hydrogen) atoms. The van der Waals surface area contributed by atoms with Gasteiger partial charge in [0.05, 0.1) is 17.1 Å². The Bertz CT molecular complexity index is 683. The van der Waals surface area contributed by atoms with Crippen LogP contribution in [-0.2, 0) is 4.79 Å². The molecular weight excluding hydrogens is 326 g/mol. The summed E-state index contributed by atoms with van der Waals surface area (Å²) in [4.78, 5) is 13.6. The highest BCUT2D eigenvalue weighted by Crippen LogP contribution is 2.68. The minimum Gasteiger partial charge on any atom is -0.393 e. The third kappa shape index (κ3) is 2.06. The van der Waals surface area contributed by atoms with E-state index in [1.165, 1.54) is 5.57 Å². The Labute approximate surface area is 156 Å². The molecule has 4 nitrogen and oxygen atoms in total. The Hall–Kier alpha value is -1.13. The second-order valence-electron chi connectivity index (χ2n) is 9.84. The van der Waals surface area contributed by atoms with Gasteiger partial charge in [-0.2, -0.15) is 0 Å². The van der Waals surface area contributed by atoms with Crippen molar-refractivity contribution in [3.8, 4) is 0 Å². The molecule has 3 aliphatic carbocycles. The fourth-order valence-corrected chi connectivity index (χ4v) is 7.07. The van der Waals surface area contributed by atoms with E-state index in [9.17, 15) is 15.0 Å². The zero-order valence-electron chi connectivity index (χ0n) is 16.5. The van der Waals surface area contributed by atoms with Gasteiger partial charge in [-0.25, -0.2) is 0 Å². The molecule has 0 radical (unpaired) electrons. The van der Waals surface area contributed by atoms with Crippen LogP contribution in [0.25, 0.3) is 0 Å². The molecule has 0 aromatic carbocycles. The molecule has 1 heterocycles. The lowest BCUT2D eigenvalue weighted by atomic mass is 9.44. The molecule has 1 saturated heterocycles. The first-order valence-corrected chi connectivity index (χ1v) is 10.2. The molecule has 144 valence electrons. The normalized spacial score (nSPS) is 50.2. The molecule has 0 aromatic rings. The molecule has 1 amide bonds. The first kappa shape index (κ1) is 18.2. The van der Waals surface area contributed by atoms with Crippen molar-refractivity contribution in [3.05, 3.63) is 23.8 Å². The molecule has 0 aromatic heterocycles. The zero-order valence-corrected chi connectivity index (χ0v) is 16.5. The minimum atomic E-state index is -1.20. The molecule has 4 rings (SSSR count). The average Bonchev–Trinajstić information content (AvgIpc) is 2.99. The van der Waals surface area contributed by atoms with Crippen molar-refractivity contribution in [2.75, 3.05) is 0 Å². The molecule has 2 saturated carbocycles. The number of aliphatic hydroxyl groups excluding tert-OH is 1. The molecule has 0 unspecified atom stereocenters. The maximum atomic E-state index is 13.6. The quantitative estimate of drug-likeness (QED) is 0.664. The van der Waals surface area contributed by atoms with Crippen LogP contribution >= 0.6 is 0 Å². The summed E-state index contributed by atoms with van der Waals surface area (Å²) >= 11 is 0. The first-order chi connectivity index (χ1) is 12.1. The third-order valence-corrected chi connectivity index (χ3v) is 8.00. The molecule has 1 spiro atoms. The highest BCUT2D eigenvalue weighted by molar-refractivity contribution is 5.89. The van der Waals surface area contributed by atoms with E-state index in [0.717, 1.165) is 18.4 Å². The Balaban J connectivity index is 1.92. The van der Waals surface area contributed by atoms with Crippen LogP contribution in [0.5, 0.6) is 0 Å². The average molecular weight is 360 g/mol. The van der Waals surface area contributed by atoms with E-state index in [1.807, 2.05) is 0 Å². The smallest absolute Gasteiger partial charge is 0.230 e. The largest absolute Gasteiger partial charge is 0.393 e. The monoisotopic (exact) mass is 359 g/mol. The number of rotatable bonds is 2. The van der Waals surface area contributed by atoms with Crippen LogP contribution in [0.2, 0.25) is 0 Å². The van der Waals surface area contributed by atoms with Crippen LogP contribution in [-0.4, -0.2) is 33.9 Å². The second-order valence-corrected chi connectivity index (χ2v) is 9.84. The Kier molecular flexibility index (Phi) is 3.99. The molecule has 1 aliphatic heterocycles. The SMILES string of the molecule is C=C1C[C@H]2C=C(C)[C@@H](C)[C@H]3[C@H](CC(C)C)NC(=O)[C@]32[C@]2(O)C[C@@H](O)C[C@H]12. The molecule has 3 fully saturated rings. The summed E-state index contributed by atoms with van der Waals surface area (Å²) in [5, 5.41) is 25.7. The van der Waals surface area contributed by atoms with E-state index in [0.29, 0.717) is 12.3 Å². The van der Waals surface area contributed by atoms with Gasteiger partial charge in [0, 0.05) is 24.3 Å². The lowest BCUT2D eigenvalue weighted by molar-refractivity contribution is -0.182. The van der Waals surface area contributed by atoms with Crippen LogP contribution in [0.4, 0.5) is 0 Å². The van der Waals surface area contributed by atoms with Gasteiger partial charge in [0.1, 0.15) is 0 Å². The number of fused-ring (bicyclic) bond motifs is 1. The van der Waals surface area contributed by atoms with Crippen molar-refractivity contribution in [2.45, 2.75) is 71.1 Å². The lowest BCUT2D eigenvalue weighted by Gasteiger charge is -2.59. The summed E-state index contributed by atoms with van der Waals surface area (Å²) < 4.78 is 0. The van der Waals surface area contributed by atoms with Gasteiger partial charge in [0.2, 0.25) is 5.91 Å². The van der Waals surface area contributed by atoms with Crippen molar-refractivity contribution in [3.63, 3.8) is 0 Å². The van der Waals surface area contributed by atoms with Crippen LogP contribution in [0, 0.1) is 35.0 Å². The van der Waals surface area contributed by atoms with Crippen LogP contribution in [0.1, 0.15) is 53.4 Å². The summed E-state index contributed by atoms with van der Waals surface area (Å²) in [5.74, 6) is 0.577. The summed E-state index contributed by atoms with van der Waals surface area (Å²) in [6.07, 6.45) is 4.13. The molecule has 4 aliphatic rings. The van der Waals surface area contributed by atoms with E-state index in [-0.39, 0.29) is 42.0 Å².